The highest BCUT2D eigenvalue weighted by atomic mass is 32.2. The zero-order chi connectivity index (χ0) is 17.0. The predicted molar refractivity (Wildman–Crippen MR) is 92.8 cm³/mol. The lowest BCUT2D eigenvalue weighted by Gasteiger charge is -2.15. The summed E-state index contributed by atoms with van der Waals surface area (Å²) in [6.45, 7) is 1.20. The number of benzene rings is 2. The first-order valence-corrected chi connectivity index (χ1v) is 9.18. The van der Waals surface area contributed by atoms with Crippen molar-refractivity contribution in [1.29, 1.82) is 5.26 Å². The van der Waals surface area contributed by atoms with Gasteiger partial charge >= 0.3 is 0 Å². The Morgan fingerprint density at radius 1 is 1.00 bits per heavy atom. The molecule has 6 heteroatoms. The first-order chi connectivity index (χ1) is 11.6. The van der Waals surface area contributed by atoms with Gasteiger partial charge in [-0.1, -0.05) is 12.1 Å². The Morgan fingerprint density at radius 3 is 2.21 bits per heavy atom. The normalized spacial score (nSPS) is 15.6. The lowest BCUT2D eigenvalue weighted by atomic mass is 10.2. The summed E-state index contributed by atoms with van der Waals surface area (Å²) in [4.78, 5) is 4.64. The Kier molecular flexibility index (Phi) is 4.74. The van der Waals surface area contributed by atoms with Crippen molar-refractivity contribution in [1.82, 2.24) is 4.31 Å². The summed E-state index contributed by atoms with van der Waals surface area (Å²) >= 11 is 0. The molecular weight excluding hydrogens is 322 g/mol. The molecule has 5 nitrogen and oxygen atoms in total. The van der Waals surface area contributed by atoms with Crippen LogP contribution in [0.15, 0.2) is 58.4 Å². The minimum absolute atomic E-state index is 0.307. The van der Waals surface area contributed by atoms with E-state index >= 15 is 0 Å². The van der Waals surface area contributed by atoms with Crippen LogP contribution in [0.2, 0.25) is 0 Å². The third kappa shape index (κ3) is 3.53. The van der Waals surface area contributed by atoms with Gasteiger partial charge in [-0.05, 0) is 54.8 Å². The smallest absolute Gasteiger partial charge is 0.243 e. The van der Waals surface area contributed by atoms with Crippen LogP contribution in [0.4, 0.5) is 5.69 Å². The standard InChI is InChI=1S/C18H17N3O2S/c19-13-15-3-5-16(6-4-15)14-20-17-7-9-18(10-8-17)24(22,23)21-11-1-2-12-21/h3-10,14H,1-2,11-12H2. The van der Waals surface area contributed by atoms with Crippen LogP contribution in [0.25, 0.3) is 0 Å². The van der Waals surface area contributed by atoms with Gasteiger partial charge in [-0.2, -0.15) is 9.57 Å². The molecule has 1 saturated heterocycles. The van der Waals surface area contributed by atoms with Crippen molar-refractivity contribution in [2.45, 2.75) is 17.7 Å². The van der Waals surface area contributed by atoms with Crippen molar-refractivity contribution in [3.8, 4) is 6.07 Å². The van der Waals surface area contributed by atoms with E-state index in [0.717, 1.165) is 18.4 Å². The molecule has 0 bridgehead atoms. The highest BCUT2D eigenvalue weighted by Crippen LogP contribution is 2.23. The maximum absolute atomic E-state index is 12.4. The number of hydrogen-bond donors (Lipinski definition) is 0. The zero-order valence-electron chi connectivity index (χ0n) is 13.1. The number of nitriles is 1. The second-order valence-electron chi connectivity index (χ2n) is 5.60. The Hall–Kier alpha value is -2.49. The Balaban J connectivity index is 1.74. The van der Waals surface area contributed by atoms with E-state index in [0.29, 0.717) is 29.2 Å². The van der Waals surface area contributed by atoms with Crippen molar-refractivity contribution in [2.24, 2.45) is 4.99 Å². The van der Waals surface area contributed by atoms with Gasteiger partial charge in [0.2, 0.25) is 10.0 Å². The molecule has 3 rings (SSSR count). The molecule has 1 fully saturated rings. The molecule has 0 atom stereocenters. The molecule has 2 aromatic rings. The molecule has 0 aliphatic carbocycles. The predicted octanol–water partition coefficient (Wildman–Crippen LogP) is 3.09. The first-order valence-electron chi connectivity index (χ1n) is 7.74. The third-order valence-corrected chi connectivity index (χ3v) is 5.85. The zero-order valence-corrected chi connectivity index (χ0v) is 13.9. The Morgan fingerprint density at radius 2 is 1.62 bits per heavy atom. The lowest BCUT2D eigenvalue weighted by molar-refractivity contribution is 0.477. The average molecular weight is 339 g/mol. The molecule has 0 N–H and O–H groups in total. The van der Waals surface area contributed by atoms with Gasteiger partial charge in [-0.15, -0.1) is 0 Å². The van der Waals surface area contributed by atoms with Crippen molar-refractivity contribution in [3.05, 3.63) is 59.7 Å². The third-order valence-electron chi connectivity index (χ3n) is 3.94. The highest BCUT2D eigenvalue weighted by Gasteiger charge is 2.26. The summed E-state index contributed by atoms with van der Waals surface area (Å²) in [5.74, 6) is 0. The fraction of sp³-hybridized carbons (Fsp3) is 0.222. The number of rotatable bonds is 4. The maximum atomic E-state index is 12.4. The number of hydrogen-bond acceptors (Lipinski definition) is 4. The van der Waals surface area contributed by atoms with Gasteiger partial charge < -0.3 is 0 Å². The van der Waals surface area contributed by atoms with Gasteiger partial charge in [0.15, 0.2) is 0 Å². The van der Waals surface area contributed by atoms with Crippen LogP contribution in [-0.2, 0) is 10.0 Å². The van der Waals surface area contributed by atoms with Crippen LogP contribution in [0, 0.1) is 11.3 Å². The van der Waals surface area contributed by atoms with Gasteiger partial charge in [-0.25, -0.2) is 8.42 Å². The quantitative estimate of drug-likeness (QED) is 0.803. The molecule has 0 spiro atoms. The second kappa shape index (κ2) is 6.95. The van der Waals surface area contributed by atoms with Crippen LogP contribution < -0.4 is 0 Å². The first kappa shape index (κ1) is 16.4. The largest absolute Gasteiger partial charge is 0.256 e. The number of sulfonamides is 1. The van der Waals surface area contributed by atoms with Gasteiger partial charge in [0.1, 0.15) is 0 Å². The summed E-state index contributed by atoms with van der Waals surface area (Å²) in [6, 6.07) is 15.7. The van der Waals surface area contributed by atoms with E-state index in [-0.39, 0.29) is 0 Å². The summed E-state index contributed by atoms with van der Waals surface area (Å²) in [7, 11) is -3.38. The molecular formula is C18H17N3O2S. The van der Waals surface area contributed by atoms with E-state index in [1.54, 1.807) is 42.6 Å². The molecule has 0 saturated carbocycles. The van der Waals surface area contributed by atoms with E-state index in [1.165, 1.54) is 4.31 Å². The van der Waals surface area contributed by atoms with E-state index in [1.807, 2.05) is 12.1 Å². The molecule has 24 heavy (non-hydrogen) atoms. The van der Waals surface area contributed by atoms with Crippen LogP contribution in [0.3, 0.4) is 0 Å². The molecule has 2 aromatic carbocycles. The fourth-order valence-electron chi connectivity index (χ4n) is 2.57. The van der Waals surface area contributed by atoms with Gasteiger partial charge in [0.25, 0.3) is 0 Å². The van der Waals surface area contributed by atoms with E-state index in [2.05, 4.69) is 11.1 Å². The van der Waals surface area contributed by atoms with E-state index in [4.69, 9.17) is 5.26 Å². The van der Waals surface area contributed by atoms with Gasteiger partial charge in [-0.3, -0.25) is 4.99 Å². The molecule has 0 aromatic heterocycles. The van der Waals surface area contributed by atoms with Crippen LogP contribution in [0.1, 0.15) is 24.0 Å². The highest BCUT2D eigenvalue weighted by molar-refractivity contribution is 7.89. The molecule has 1 aliphatic rings. The molecule has 0 amide bonds. The van der Waals surface area contributed by atoms with Crippen LogP contribution in [-0.4, -0.2) is 32.0 Å². The molecule has 0 radical (unpaired) electrons. The summed E-state index contributed by atoms with van der Waals surface area (Å²) < 4.78 is 26.4. The van der Waals surface area contributed by atoms with Crippen molar-refractivity contribution < 1.29 is 8.42 Å². The van der Waals surface area contributed by atoms with Crippen molar-refractivity contribution in [3.63, 3.8) is 0 Å². The summed E-state index contributed by atoms with van der Waals surface area (Å²) in [5, 5.41) is 8.77. The van der Waals surface area contributed by atoms with Gasteiger partial charge in [0.05, 0.1) is 22.2 Å². The maximum Gasteiger partial charge on any atom is 0.243 e. The monoisotopic (exact) mass is 339 g/mol. The van der Waals surface area contributed by atoms with E-state index < -0.39 is 10.0 Å². The Labute approximate surface area is 141 Å². The number of aliphatic imine (C=N–C) groups is 1. The van der Waals surface area contributed by atoms with Crippen molar-refractivity contribution >= 4 is 21.9 Å². The lowest BCUT2D eigenvalue weighted by Crippen LogP contribution is -2.27. The second-order valence-corrected chi connectivity index (χ2v) is 7.54. The minimum atomic E-state index is -3.38. The van der Waals surface area contributed by atoms with Crippen LogP contribution >= 0.6 is 0 Å². The molecule has 1 heterocycles. The SMILES string of the molecule is N#Cc1ccc(C=Nc2ccc(S(=O)(=O)N3CCCC3)cc2)cc1. The average Bonchev–Trinajstić information content (AvgIpc) is 3.16. The topological polar surface area (TPSA) is 73.5 Å². The minimum Gasteiger partial charge on any atom is -0.256 e. The summed E-state index contributed by atoms with van der Waals surface area (Å²) in [6.07, 6.45) is 3.53. The summed E-state index contributed by atoms with van der Waals surface area (Å²) in [5.41, 5.74) is 2.16. The molecule has 122 valence electrons. The van der Waals surface area contributed by atoms with Gasteiger partial charge in [0, 0.05) is 19.3 Å². The van der Waals surface area contributed by atoms with E-state index in [9.17, 15) is 8.42 Å². The molecule has 1 aliphatic heterocycles. The van der Waals surface area contributed by atoms with Crippen LogP contribution in [0.5, 0.6) is 0 Å². The molecule has 0 unspecified atom stereocenters. The number of nitrogens with zero attached hydrogens (tertiary/aromatic N) is 3. The fourth-order valence-corrected chi connectivity index (χ4v) is 4.09. The Bertz CT molecular complexity index is 873. The van der Waals surface area contributed by atoms with Crippen molar-refractivity contribution in [2.75, 3.05) is 13.1 Å².